The maximum Gasteiger partial charge on any atom is 0.126 e. The largest absolute Gasteiger partial charge is 0.496 e. The monoisotopic (exact) mass is 482 g/mol. The summed E-state index contributed by atoms with van der Waals surface area (Å²) in [6.07, 6.45) is 5.74. The second-order valence-electron chi connectivity index (χ2n) is 3.50. The maximum absolute atomic E-state index is 5.37. The smallest absolute Gasteiger partial charge is 0.126 e. The molecule has 19 heavy (non-hydrogen) atoms. The first kappa shape index (κ1) is 20.6. The van der Waals surface area contributed by atoms with Crippen LogP contribution in [-0.4, -0.2) is 7.11 Å². The first-order valence-corrected chi connectivity index (χ1v) is 6.34. The van der Waals surface area contributed by atoms with Gasteiger partial charge in [0.2, 0.25) is 0 Å². The van der Waals surface area contributed by atoms with E-state index < -0.39 is 0 Å². The zero-order chi connectivity index (χ0) is 14.0. The summed E-state index contributed by atoms with van der Waals surface area (Å²) in [5.41, 5.74) is 3.41. The second kappa shape index (κ2) is 12.3. The van der Waals surface area contributed by atoms with Crippen molar-refractivity contribution in [3.8, 4) is 0 Å². The number of ether oxygens (including phenoxy) is 1. The van der Waals surface area contributed by atoms with Crippen LogP contribution in [-0.2, 0) is 4.74 Å². The Morgan fingerprint density at radius 2 is 1.79 bits per heavy atom. The number of methoxy groups -OCH3 is 1. The Bertz CT molecular complexity index is 431. The molecule has 0 N–H and O–H groups in total. The first-order valence-electron chi connectivity index (χ1n) is 6.34. The van der Waals surface area contributed by atoms with E-state index >= 15 is 0 Å². The van der Waals surface area contributed by atoms with Crippen LogP contribution in [0.2, 0.25) is 0 Å². The number of benzene rings is 1. The minimum Gasteiger partial charge on any atom is -0.496 e. The Labute approximate surface area is 141 Å². The molecule has 2 heteroatoms. The van der Waals surface area contributed by atoms with Crippen molar-refractivity contribution in [3.63, 3.8) is 0 Å². The molecule has 0 bridgehead atoms. The average Bonchev–Trinajstić information content (AvgIpc) is 2.42. The van der Waals surface area contributed by atoms with Crippen LogP contribution in [0.3, 0.4) is 0 Å². The van der Waals surface area contributed by atoms with Crippen molar-refractivity contribution in [2.24, 2.45) is 0 Å². The van der Waals surface area contributed by atoms with Crippen molar-refractivity contribution in [1.82, 2.24) is 0 Å². The van der Waals surface area contributed by atoms with Crippen molar-refractivity contribution >= 4 is 5.57 Å². The Morgan fingerprint density at radius 3 is 2.21 bits per heavy atom. The summed E-state index contributed by atoms with van der Waals surface area (Å²) in [6, 6.07) is 8.22. The molecule has 0 aliphatic rings. The van der Waals surface area contributed by atoms with E-state index in [9.17, 15) is 0 Å². The molecule has 1 rings (SSSR count). The molecule has 1 aromatic carbocycles. The van der Waals surface area contributed by atoms with Gasteiger partial charge in [0.25, 0.3) is 0 Å². The van der Waals surface area contributed by atoms with Crippen LogP contribution < -0.4 is 0 Å². The topological polar surface area (TPSA) is 9.23 Å². The van der Waals surface area contributed by atoms with Gasteiger partial charge < -0.3 is 4.74 Å². The molecular formula is C17H24OU. The molecule has 0 spiro atoms. The fraction of sp³-hybridized carbons (Fsp3) is 0.294. The van der Waals surface area contributed by atoms with Crippen molar-refractivity contribution in [2.75, 3.05) is 7.11 Å². The predicted octanol–water partition coefficient (Wildman–Crippen LogP) is 5.14. The third-order valence-corrected chi connectivity index (χ3v) is 2.44. The summed E-state index contributed by atoms with van der Waals surface area (Å²) in [5.74, 6) is 0.840. The van der Waals surface area contributed by atoms with Crippen LogP contribution in [0, 0.1) is 38.0 Å². The SMILES string of the molecule is C=C/C(=C(\C=C/C)OC)c1ccccc1C.CC.[U]. The van der Waals surface area contributed by atoms with Gasteiger partial charge in [-0.3, -0.25) is 0 Å². The standard InChI is InChI=1S/C15H18O.C2H6.U/c1-5-9-15(16-4)13(6-2)14-11-8-7-10-12(14)3;1-2;/h5-11H,2H2,1,3-4H3;1-2H3;/b9-5-,15-13-;;. The van der Waals surface area contributed by atoms with E-state index in [0.717, 1.165) is 16.9 Å². The fourth-order valence-corrected chi connectivity index (χ4v) is 1.64. The summed E-state index contributed by atoms with van der Waals surface area (Å²) < 4.78 is 5.37. The van der Waals surface area contributed by atoms with Crippen LogP contribution in [0.1, 0.15) is 31.9 Å². The molecule has 1 nitrogen and oxygen atoms in total. The van der Waals surface area contributed by atoms with Gasteiger partial charge in [-0.1, -0.05) is 56.8 Å². The van der Waals surface area contributed by atoms with Crippen molar-refractivity contribution in [1.29, 1.82) is 0 Å². The van der Waals surface area contributed by atoms with E-state index in [1.165, 1.54) is 5.56 Å². The maximum atomic E-state index is 5.37. The summed E-state index contributed by atoms with van der Waals surface area (Å²) >= 11 is 0. The van der Waals surface area contributed by atoms with Gasteiger partial charge in [-0.05, 0) is 31.1 Å². The molecular weight excluding hydrogens is 458 g/mol. The van der Waals surface area contributed by atoms with Crippen LogP contribution in [0.25, 0.3) is 5.57 Å². The Morgan fingerprint density at radius 1 is 1.21 bits per heavy atom. The number of allylic oxidation sites excluding steroid dienone is 4. The zero-order valence-corrected chi connectivity index (χ0v) is 16.8. The van der Waals surface area contributed by atoms with Gasteiger partial charge in [0.05, 0.1) is 7.11 Å². The number of hydrogen-bond donors (Lipinski definition) is 0. The van der Waals surface area contributed by atoms with Crippen molar-refractivity contribution < 1.29 is 35.9 Å². The van der Waals surface area contributed by atoms with Crippen LogP contribution in [0.4, 0.5) is 0 Å². The van der Waals surface area contributed by atoms with E-state index in [1.54, 1.807) is 7.11 Å². The number of aryl methyl sites for hydroxylation is 1. The third kappa shape index (κ3) is 6.32. The molecule has 0 saturated heterocycles. The van der Waals surface area contributed by atoms with E-state index in [4.69, 9.17) is 4.74 Å². The van der Waals surface area contributed by atoms with Gasteiger partial charge in [-0.15, -0.1) is 0 Å². The van der Waals surface area contributed by atoms with Gasteiger partial charge in [-0.25, -0.2) is 0 Å². The minimum atomic E-state index is 0. The average molecular weight is 482 g/mol. The van der Waals surface area contributed by atoms with Crippen molar-refractivity contribution in [3.05, 3.63) is 66.0 Å². The molecule has 0 fully saturated rings. The second-order valence-corrected chi connectivity index (χ2v) is 3.50. The molecule has 102 valence electrons. The molecule has 0 atom stereocenters. The number of hydrogen-bond acceptors (Lipinski definition) is 1. The molecule has 0 aliphatic carbocycles. The third-order valence-electron chi connectivity index (χ3n) is 2.44. The zero-order valence-electron chi connectivity index (χ0n) is 12.7. The minimum absolute atomic E-state index is 0. The Hall–Kier alpha value is -0.708. The van der Waals surface area contributed by atoms with Gasteiger partial charge in [0, 0.05) is 36.7 Å². The number of rotatable bonds is 4. The molecule has 0 radical (unpaired) electrons. The van der Waals surface area contributed by atoms with Gasteiger partial charge in [0.15, 0.2) is 0 Å². The van der Waals surface area contributed by atoms with Crippen LogP contribution >= 0.6 is 0 Å². The Kier molecular flexibility index (Phi) is 13.4. The molecule has 0 saturated carbocycles. The van der Waals surface area contributed by atoms with E-state index in [1.807, 2.05) is 51.1 Å². The molecule has 0 aliphatic heterocycles. The molecule has 1 aromatic rings. The molecule has 0 unspecified atom stereocenters. The van der Waals surface area contributed by atoms with Crippen LogP contribution in [0.15, 0.2) is 54.8 Å². The molecule has 0 heterocycles. The van der Waals surface area contributed by atoms with Gasteiger partial charge in [-0.2, -0.15) is 0 Å². The normalized spacial score (nSPS) is 10.8. The fourth-order valence-electron chi connectivity index (χ4n) is 1.64. The van der Waals surface area contributed by atoms with Gasteiger partial charge >= 0.3 is 0 Å². The summed E-state index contributed by atoms with van der Waals surface area (Å²) in [5, 5.41) is 0. The summed E-state index contributed by atoms with van der Waals surface area (Å²) in [6.45, 7) is 11.9. The summed E-state index contributed by atoms with van der Waals surface area (Å²) in [4.78, 5) is 0. The van der Waals surface area contributed by atoms with E-state index in [0.29, 0.717) is 0 Å². The van der Waals surface area contributed by atoms with Crippen LogP contribution in [0.5, 0.6) is 0 Å². The van der Waals surface area contributed by atoms with E-state index in [2.05, 4.69) is 25.6 Å². The van der Waals surface area contributed by atoms with Gasteiger partial charge in [0.1, 0.15) is 5.76 Å². The summed E-state index contributed by atoms with van der Waals surface area (Å²) in [7, 11) is 1.68. The Balaban J connectivity index is 0. The molecule has 0 aromatic heterocycles. The quantitative estimate of drug-likeness (QED) is 0.427. The predicted molar refractivity (Wildman–Crippen MR) is 81.5 cm³/mol. The first-order chi connectivity index (χ1) is 8.74. The van der Waals surface area contributed by atoms with Crippen molar-refractivity contribution in [2.45, 2.75) is 27.7 Å². The molecule has 0 amide bonds. The van der Waals surface area contributed by atoms with E-state index in [-0.39, 0.29) is 31.1 Å².